The Morgan fingerprint density at radius 3 is 0.692 bits per heavy atom. The number of alkyl halides is 4. The molecule has 104 heavy (non-hydrogen) atoms. The number of rotatable bonds is 17. The van der Waals surface area contributed by atoms with E-state index < -0.39 is 67.8 Å². The van der Waals surface area contributed by atoms with Gasteiger partial charge in [0.25, 0.3) is 0 Å². The first-order valence-corrected chi connectivity index (χ1v) is 42.4. The summed E-state index contributed by atoms with van der Waals surface area (Å²) in [5.74, 6) is -5.39. The zero-order chi connectivity index (χ0) is 75.1. The Labute approximate surface area is 621 Å². The lowest BCUT2D eigenvalue weighted by Gasteiger charge is -2.19. The van der Waals surface area contributed by atoms with Gasteiger partial charge in [-0.1, -0.05) is 264 Å². The Morgan fingerprint density at radius 2 is 0.510 bits per heavy atom. The topological polar surface area (TPSA) is 220 Å². The summed E-state index contributed by atoms with van der Waals surface area (Å²) >= 11 is 0. The van der Waals surface area contributed by atoms with Gasteiger partial charge in [0.2, 0.25) is 0 Å². The lowest BCUT2D eigenvalue weighted by Crippen LogP contribution is -2.39. The molecule has 3 fully saturated rings. The molecule has 0 aromatic heterocycles. The van der Waals surface area contributed by atoms with Crippen molar-refractivity contribution >= 4 is 65.9 Å². The normalized spacial score (nSPS) is 16.8. The summed E-state index contributed by atoms with van der Waals surface area (Å²) in [5.41, 5.74) is 4.72. The SMILES string of the molecule is COC(=O)COC(=O)C(F)(F)S(=O)(=O)[O-].COC(=O)COC(=O)C(F)(F)S(=O)(=O)[O-].c1ccc([S+](c2ccc(C3CCCCCCCCCCC3)cc2)c2ccc(C3CCCCCCCCCCC3)cc2)cc1.c1ccc([S+](c2ccccc2)c2ccc(C3CCCCCCCCCCC3)cc2)cc1. The van der Waals surface area contributed by atoms with Crippen LogP contribution in [0.2, 0.25) is 0 Å². The second-order valence-electron chi connectivity index (χ2n) is 26.9. The number of carbonyl (C=O) groups excluding carboxylic acids is 4. The predicted molar refractivity (Wildman–Crippen MR) is 399 cm³/mol. The Hall–Kier alpha value is -6.56. The standard InChI is InChI=1S/C42H59S.C30H37S.2C5H6F2O7S/c1-3-7-11-16-22-36(23-17-12-8-4-1)38-28-32-41(33-29-38)43(40-26-20-15-21-27-40)42-34-30-39(31-35-42)37-24-18-13-9-5-2-6-10-14-19-25-37;1-2-4-6-10-16-26(17-11-7-5-3-1)27-22-24-30(25-23-27)31(28-18-12-8-13-19-28)29-20-14-9-15-21-29;2*1-13-3(8)2-14-4(9)5(6,7)15(10,11)12/h15,20-21,26-37H,1-14,16-19,22-25H2;8-9,12-15,18-26H,1-7,10-11,16-17H2;2*2H2,1H3,(H,10,11,12)/q2*+1;;/p-2. The van der Waals surface area contributed by atoms with Crippen LogP contribution in [0.4, 0.5) is 17.6 Å². The second-order valence-corrected chi connectivity index (χ2v) is 33.8. The minimum absolute atomic E-state index is 0.0433. The molecule has 9 rings (SSSR count). The van der Waals surface area contributed by atoms with Crippen LogP contribution in [-0.4, -0.2) is 87.8 Å². The van der Waals surface area contributed by atoms with Crippen molar-refractivity contribution in [2.24, 2.45) is 0 Å². The summed E-state index contributed by atoms with van der Waals surface area (Å²) in [4.78, 5) is 50.0. The lowest BCUT2D eigenvalue weighted by molar-refractivity contribution is -0.168. The van der Waals surface area contributed by atoms with Gasteiger partial charge in [-0.3, -0.25) is 0 Å². The number of hydrogen-bond donors (Lipinski definition) is 0. The summed E-state index contributed by atoms with van der Waals surface area (Å²) in [5, 5.41) is -10.4. The third kappa shape index (κ3) is 29.6. The quantitative estimate of drug-likeness (QED) is 0.0273. The van der Waals surface area contributed by atoms with Crippen LogP contribution >= 0.6 is 0 Å². The molecule has 6 aromatic carbocycles. The molecule has 14 nitrogen and oxygen atoms in total. The van der Waals surface area contributed by atoms with Crippen LogP contribution in [-0.2, 0) is 80.2 Å². The van der Waals surface area contributed by atoms with Crippen LogP contribution in [0, 0.1) is 0 Å². The molecule has 0 radical (unpaired) electrons. The molecule has 6 aromatic rings. The van der Waals surface area contributed by atoms with Crippen LogP contribution in [0.25, 0.3) is 0 Å². The van der Waals surface area contributed by atoms with Crippen molar-refractivity contribution in [3.8, 4) is 0 Å². The summed E-state index contributed by atoms with van der Waals surface area (Å²) in [6.45, 7) is -2.42. The molecule has 570 valence electrons. The number of benzene rings is 6. The summed E-state index contributed by atoms with van der Waals surface area (Å²) < 4.78 is 124. The van der Waals surface area contributed by atoms with Crippen LogP contribution in [0.1, 0.15) is 246 Å². The fourth-order valence-electron chi connectivity index (χ4n) is 13.3. The van der Waals surface area contributed by atoms with Crippen molar-refractivity contribution in [3.05, 3.63) is 180 Å². The number of halogens is 4. The van der Waals surface area contributed by atoms with Crippen LogP contribution < -0.4 is 0 Å². The van der Waals surface area contributed by atoms with Gasteiger partial charge < -0.3 is 28.1 Å². The second kappa shape index (κ2) is 46.5. The third-order valence-corrected chi connectivity index (χ3v) is 25.3. The van der Waals surface area contributed by atoms with Crippen molar-refractivity contribution in [1.82, 2.24) is 0 Å². The highest BCUT2D eigenvalue weighted by Gasteiger charge is 2.50. The molecule has 0 aliphatic heterocycles. The fourth-order valence-corrected chi connectivity index (χ4v) is 18.0. The monoisotopic (exact) mass is 1520 g/mol. The van der Waals surface area contributed by atoms with Gasteiger partial charge in [0.05, 0.1) is 36.0 Å². The molecule has 22 heteroatoms. The van der Waals surface area contributed by atoms with Gasteiger partial charge in [0, 0.05) is 0 Å². The molecular formula is C82H106F4O14S4. The van der Waals surface area contributed by atoms with Crippen molar-refractivity contribution in [3.63, 3.8) is 0 Å². The van der Waals surface area contributed by atoms with Crippen molar-refractivity contribution in [2.75, 3.05) is 27.4 Å². The first-order chi connectivity index (χ1) is 50.0. The molecule has 3 aliphatic carbocycles. The van der Waals surface area contributed by atoms with Crippen molar-refractivity contribution in [1.29, 1.82) is 0 Å². The van der Waals surface area contributed by atoms with Gasteiger partial charge in [0.15, 0.2) is 62.8 Å². The Kier molecular flexibility index (Phi) is 38.6. The van der Waals surface area contributed by atoms with E-state index in [1.807, 2.05) is 0 Å². The van der Waals surface area contributed by atoms with Gasteiger partial charge >= 0.3 is 34.4 Å². The Morgan fingerprint density at radius 1 is 0.327 bits per heavy atom. The van der Waals surface area contributed by atoms with E-state index >= 15 is 0 Å². The highest BCUT2D eigenvalue weighted by Crippen LogP contribution is 2.39. The van der Waals surface area contributed by atoms with Gasteiger partial charge in [-0.25, -0.2) is 36.0 Å². The largest absolute Gasteiger partial charge is 0.743 e. The molecule has 0 heterocycles. The zero-order valence-corrected chi connectivity index (χ0v) is 63.7. The molecule has 0 amide bonds. The summed E-state index contributed by atoms with van der Waals surface area (Å²) in [7, 11) is -10.7. The van der Waals surface area contributed by atoms with E-state index in [2.05, 4.69) is 183 Å². The maximum atomic E-state index is 12.4. The smallest absolute Gasteiger partial charge is 0.428 e. The average molecular weight is 1520 g/mol. The van der Waals surface area contributed by atoms with E-state index in [4.69, 9.17) is 0 Å². The number of esters is 4. The summed E-state index contributed by atoms with van der Waals surface area (Å²) in [6.07, 6.45) is 46.7. The Bertz CT molecular complexity index is 3450. The minimum atomic E-state index is -6.17. The van der Waals surface area contributed by atoms with Gasteiger partial charge in [-0.2, -0.15) is 17.6 Å². The van der Waals surface area contributed by atoms with E-state index in [0.29, 0.717) is 0 Å². The van der Waals surface area contributed by atoms with Crippen molar-refractivity contribution < 1.29 is 81.6 Å². The van der Waals surface area contributed by atoms with E-state index in [1.54, 1.807) is 16.7 Å². The Balaban J connectivity index is 0.000000241. The predicted octanol–water partition coefficient (Wildman–Crippen LogP) is 20.4. The van der Waals surface area contributed by atoms with E-state index in [9.17, 15) is 62.7 Å². The van der Waals surface area contributed by atoms with Crippen LogP contribution in [0.15, 0.2) is 193 Å². The maximum Gasteiger partial charge on any atom is 0.428 e. The molecule has 0 bridgehead atoms. The average Bonchev–Trinajstić information content (AvgIpc) is 0.811. The molecule has 0 saturated heterocycles. The molecule has 0 atom stereocenters. The summed E-state index contributed by atoms with van der Waals surface area (Å²) in [6, 6.07) is 62.8. The number of methoxy groups -OCH3 is 2. The lowest BCUT2D eigenvalue weighted by atomic mass is 9.87. The molecule has 0 unspecified atom stereocenters. The van der Waals surface area contributed by atoms with Gasteiger partial charge in [-0.05, 0) is 146 Å². The molecule has 0 spiro atoms. The highest BCUT2D eigenvalue weighted by molar-refractivity contribution is 7.97. The molecule has 3 aliphatic rings. The van der Waals surface area contributed by atoms with Crippen LogP contribution in [0.3, 0.4) is 0 Å². The van der Waals surface area contributed by atoms with Crippen LogP contribution in [0.5, 0.6) is 0 Å². The number of carbonyl (C=O) groups is 4. The molecule has 3 saturated carbocycles. The zero-order valence-electron chi connectivity index (χ0n) is 60.4. The van der Waals surface area contributed by atoms with E-state index in [0.717, 1.165) is 32.0 Å². The highest BCUT2D eigenvalue weighted by atomic mass is 32.2. The van der Waals surface area contributed by atoms with Gasteiger partial charge in [0.1, 0.15) is 0 Å². The first kappa shape index (κ1) is 86.4. The fraction of sp³-hybridized carbons (Fsp3) is 0.512. The van der Waals surface area contributed by atoms with E-state index in [-0.39, 0.29) is 21.8 Å². The number of ether oxygens (including phenoxy) is 4. The molecular weight excluding hydrogens is 1410 g/mol. The first-order valence-electron chi connectivity index (χ1n) is 37.1. The molecule has 0 N–H and O–H groups in total. The third-order valence-electron chi connectivity index (χ3n) is 19.2. The van der Waals surface area contributed by atoms with Gasteiger partial charge in [-0.15, -0.1) is 0 Å². The van der Waals surface area contributed by atoms with Crippen molar-refractivity contribution in [2.45, 2.75) is 270 Å². The number of hydrogen-bond acceptors (Lipinski definition) is 14. The minimum Gasteiger partial charge on any atom is -0.743 e. The van der Waals surface area contributed by atoms with E-state index in [1.165, 1.54) is 241 Å². The maximum absolute atomic E-state index is 12.4.